The summed E-state index contributed by atoms with van der Waals surface area (Å²) in [5.74, 6) is 1.84. The van der Waals surface area contributed by atoms with Gasteiger partial charge in [0.05, 0.1) is 25.4 Å². The Morgan fingerprint density at radius 3 is 1.35 bits per heavy atom. The lowest BCUT2D eigenvalue weighted by Gasteiger charge is -2.19. The minimum absolute atomic E-state index is 0.221. The second-order valence-electron chi connectivity index (χ2n) is 13.1. The van der Waals surface area contributed by atoms with Crippen LogP contribution in [-0.2, 0) is 0 Å². The van der Waals surface area contributed by atoms with E-state index in [2.05, 4.69) is 20.8 Å². The van der Waals surface area contributed by atoms with Crippen LogP contribution < -0.4 is 18.9 Å². The predicted molar refractivity (Wildman–Crippen MR) is 202 cm³/mol. The Kier molecular flexibility index (Phi) is 19.9. The maximum atomic E-state index is 13.6. The number of esters is 1. The number of unbranched alkanes of at least 4 members (excludes halogenated alkanes) is 15. The summed E-state index contributed by atoms with van der Waals surface area (Å²) in [6.45, 7) is 8.36. The van der Waals surface area contributed by atoms with Crippen LogP contribution in [0.1, 0.15) is 147 Å². The minimum Gasteiger partial charge on any atom is -0.508 e. The van der Waals surface area contributed by atoms with Gasteiger partial charge in [-0.05, 0) is 66.8 Å². The summed E-state index contributed by atoms with van der Waals surface area (Å²) in [4.78, 5) is 13.6. The number of benzene rings is 3. The molecule has 3 aromatic rings. The molecule has 0 aromatic heterocycles. The highest BCUT2D eigenvalue weighted by atomic mass is 16.5. The molecule has 0 atom stereocenters. The third kappa shape index (κ3) is 15.6. The number of phenolic OH excluding ortho intramolecular Hbond substituents is 1. The number of ether oxygens (including phenoxy) is 4. The number of phenols is 1. The first-order valence-corrected chi connectivity index (χ1v) is 19.2. The van der Waals surface area contributed by atoms with Crippen LogP contribution in [0, 0.1) is 0 Å². The Bertz CT molecular complexity index is 1260. The Morgan fingerprint density at radius 2 is 0.898 bits per heavy atom. The fourth-order valence-electron chi connectivity index (χ4n) is 5.77. The first-order chi connectivity index (χ1) is 24.0. The van der Waals surface area contributed by atoms with Crippen molar-refractivity contribution in [3.05, 3.63) is 66.2 Å². The Morgan fingerprint density at radius 1 is 0.510 bits per heavy atom. The summed E-state index contributed by atoms with van der Waals surface area (Å²) in [6.07, 6.45) is 21.0. The SMILES string of the molecule is CCCCCCCCOc1cc(C(=O)Oc2ccc(-c3ccc(O)cc3)cc2)cc(OCCCCCCCC)c1OCCCCCCCC. The molecule has 6 nitrogen and oxygen atoms in total. The summed E-state index contributed by atoms with van der Waals surface area (Å²) in [7, 11) is 0. The van der Waals surface area contributed by atoms with E-state index >= 15 is 0 Å². The highest BCUT2D eigenvalue weighted by Gasteiger charge is 2.20. The summed E-state index contributed by atoms with van der Waals surface area (Å²) >= 11 is 0. The quantitative estimate of drug-likeness (QED) is 0.0493. The molecular formula is C43H62O6. The maximum absolute atomic E-state index is 13.6. The molecule has 3 rings (SSSR count). The van der Waals surface area contributed by atoms with Crippen molar-refractivity contribution in [2.75, 3.05) is 19.8 Å². The molecule has 0 unspecified atom stereocenters. The van der Waals surface area contributed by atoms with Crippen LogP contribution >= 0.6 is 0 Å². The Labute approximate surface area is 296 Å². The fraction of sp³-hybridized carbons (Fsp3) is 0.558. The molecule has 0 spiro atoms. The van der Waals surface area contributed by atoms with Gasteiger partial charge in [-0.15, -0.1) is 0 Å². The van der Waals surface area contributed by atoms with Gasteiger partial charge in [0.15, 0.2) is 11.5 Å². The molecule has 0 radical (unpaired) electrons. The number of hydrogen-bond acceptors (Lipinski definition) is 6. The van der Waals surface area contributed by atoms with Crippen molar-refractivity contribution in [3.8, 4) is 39.9 Å². The van der Waals surface area contributed by atoms with E-state index in [0.717, 1.165) is 49.7 Å². The first kappa shape index (κ1) is 39.8. The molecule has 0 fully saturated rings. The van der Waals surface area contributed by atoms with Gasteiger partial charge in [0.25, 0.3) is 0 Å². The van der Waals surface area contributed by atoms with E-state index in [1.54, 1.807) is 36.4 Å². The summed E-state index contributed by atoms with van der Waals surface area (Å²) in [6, 6.07) is 17.9. The normalized spacial score (nSPS) is 11.0. The monoisotopic (exact) mass is 674 g/mol. The lowest BCUT2D eigenvalue weighted by atomic mass is 10.1. The van der Waals surface area contributed by atoms with Crippen LogP contribution in [0.5, 0.6) is 28.7 Å². The van der Waals surface area contributed by atoms with Crippen molar-refractivity contribution in [2.45, 2.75) is 136 Å². The number of hydrogen-bond donors (Lipinski definition) is 1. The van der Waals surface area contributed by atoms with E-state index in [0.29, 0.717) is 48.4 Å². The highest BCUT2D eigenvalue weighted by Crippen LogP contribution is 2.40. The average Bonchev–Trinajstić information content (AvgIpc) is 3.11. The molecule has 0 aliphatic rings. The van der Waals surface area contributed by atoms with Crippen LogP contribution in [0.2, 0.25) is 0 Å². The van der Waals surface area contributed by atoms with Crippen LogP contribution in [0.3, 0.4) is 0 Å². The van der Waals surface area contributed by atoms with Gasteiger partial charge in [-0.2, -0.15) is 0 Å². The average molecular weight is 675 g/mol. The van der Waals surface area contributed by atoms with Gasteiger partial charge >= 0.3 is 5.97 Å². The van der Waals surface area contributed by atoms with Crippen molar-refractivity contribution >= 4 is 5.97 Å². The van der Waals surface area contributed by atoms with E-state index in [1.165, 1.54) is 77.0 Å². The van der Waals surface area contributed by atoms with Crippen molar-refractivity contribution in [2.24, 2.45) is 0 Å². The predicted octanol–water partition coefficient (Wildman–Crippen LogP) is 12.5. The molecule has 0 saturated heterocycles. The van der Waals surface area contributed by atoms with Gasteiger partial charge in [0.2, 0.25) is 5.75 Å². The van der Waals surface area contributed by atoms with E-state index in [1.807, 2.05) is 24.3 Å². The maximum Gasteiger partial charge on any atom is 0.343 e. The Hall–Kier alpha value is -3.67. The highest BCUT2D eigenvalue weighted by molar-refractivity contribution is 5.92. The zero-order chi connectivity index (χ0) is 34.9. The molecule has 0 aliphatic heterocycles. The number of carbonyl (C=O) groups excluding carboxylic acids is 1. The zero-order valence-corrected chi connectivity index (χ0v) is 30.6. The topological polar surface area (TPSA) is 74.2 Å². The van der Waals surface area contributed by atoms with Crippen LogP contribution in [0.15, 0.2) is 60.7 Å². The molecular weight excluding hydrogens is 612 g/mol. The molecule has 0 saturated carbocycles. The van der Waals surface area contributed by atoms with Gasteiger partial charge in [0, 0.05) is 0 Å². The van der Waals surface area contributed by atoms with E-state index in [9.17, 15) is 9.90 Å². The molecule has 270 valence electrons. The van der Waals surface area contributed by atoms with Gasteiger partial charge in [0.1, 0.15) is 11.5 Å². The van der Waals surface area contributed by atoms with Gasteiger partial charge in [-0.3, -0.25) is 0 Å². The number of carbonyl (C=O) groups is 1. The third-order valence-corrected chi connectivity index (χ3v) is 8.78. The molecule has 1 N–H and O–H groups in total. The molecule has 0 heterocycles. The molecule has 6 heteroatoms. The number of aromatic hydroxyl groups is 1. The van der Waals surface area contributed by atoms with Crippen LogP contribution in [-0.4, -0.2) is 30.9 Å². The van der Waals surface area contributed by atoms with E-state index in [4.69, 9.17) is 18.9 Å². The third-order valence-electron chi connectivity index (χ3n) is 8.78. The molecule has 49 heavy (non-hydrogen) atoms. The summed E-state index contributed by atoms with van der Waals surface area (Å²) in [5.41, 5.74) is 2.29. The van der Waals surface area contributed by atoms with E-state index < -0.39 is 5.97 Å². The lowest BCUT2D eigenvalue weighted by Crippen LogP contribution is -2.12. The number of rotatable bonds is 27. The zero-order valence-electron chi connectivity index (χ0n) is 30.6. The van der Waals surface area contributed by atoms with E-state index in [-0.39, 0.29) is 5.75 Å². The largest absolute Gasteiger partial charge is 0.508 e. The smallest absolute Gasteiger partial charge is 0.343 e. The first-order valence-electron chi connectivity index (χ1n) is 19.2. The second-order valence-corrected chi connectivity index (χ2v) is 13.1. The standard InChI is InChI=1S/C43H62O6/c1-4-7-10-13-16-19-30-46-40-33-37(43(45)49-39-28-24-36(25-29-39)35-22-26-38(44)27-23-35)34-41(47-31-20-17-14-11-8-5-2)42(40)48-32-21-18-15-12-9-6-3/h22-29,33-34,44H,4-21,30-32H2,1-3H3. The van der Waals surface area contributed by atoms with Crippen LogP contribution in [0.4, 0.5) is 0 Å². The molecule has 0 aliphatic carbocycles. The Balaban J connectivity index is 1.77. The van der Waals surface area contributed by atoms with Gasteiger partial charge < -0.3 is 24.1 Å². The van der Waals surface area contributed by atoms with Crippen molar-refractivity contribution in [1.29, 1.82) is 0 Å². The summed E-state index contributed by atoms with van der Waals surface area (Å²) in [5, 5.41) is 9.62. The van der Waals surface area contributed by atoms with Crippen LogP contribution in [0.25, 0.3) is 11.1 Å². The molecule has 0 bridgehead atoms. The van der Waals surface area contributed by atoms with Crippen molar-refractivity contribution < 1.29 is 28.8 Å². The minimum atomic E-state index is -0.478. The fourth-order valence-corrected chi connectivity index (χ4v) is 5.77. The van der Waals surface area contributed by atoms with Crippen molar-refractivity contribution in [3.63, 3.8) is 0 Å². The summed E-state index contributed by atoms with van der Waals surface area (Å²) < 4.78 is 24.9. The lowest BCUT2D eigenvalue weighted by molar-refractivity contribution is 0.0733. The van der Waals surface area contributed by atoms with Gasteiger partial charge in [-0.1, -0.05) is 141 Å². The molecule has 0 amide bonds. The second kappa shape index (κ2) is 24.5. The molecule has 3 aromatic carbocycles. The van der Waals surface area contributed by atoms with Crippen molar-refractivity contribution in [1.82, 2.24) is 0 Å². The van der Waals surface area contributed by atoms with Gasteiger partial charge in [-0.25, -0.2) is 4.79 Å².